The van der Waals surface area contributed by atoms with Gasteiger partial charge in [0.05, 0.1) is 12.1 Å². The highest BCUT2D eigenvalue weighted by Crippen LogP contribution is 2.19. The highest BCUT2D eigenvalue weighted by molar-refractivity contribution is 5.97. The van der Waals surface area contributed by atoms with E-state index < -0.39 is 128 Å². The lowest BCUT2D eigenvalue weighted by atomic mass is 10.0. The van der Waals surface area contributed by atoms with Crippen molar-refractivity contribution in [2.75, 3.05) is 0 Å². The highest BCUT2D eigenvalue weighted by Gasteiger charge is 2.35. The number of H-pyrrole nitrogens is 1. The number of nitrogens with one attached hydrogen (secondary N) is 6. The van der Waals surface area contributed by atoms with Gasteiger partial charge in [-0.1, -0.05) is 30.3 Å². The number of phenolic OH excluding ortho intramolecular Hbond substituents is 1. The summed E-state index contributed by atoms with van der Waals surface area (Å²) in [6, 6.07) is 3.16. The summed E-state index contributed by atoms with van der Waals surface area (Å²) in [4.78, 5) is 117. The predicted molar refractivity (Wildman–Crippen MR) is 214 cm³/mol. The molecule has 1 aromatic heterocycles. The molecule has 0 saturated heterocycles. The van der Waals surface area contributed by atoms with Crippen molar-refractivity contribution in [1.82, 2.24) is 31.6 Å². The van der Waals surface area contributed by atoms with Gasteiger partial charge in [0.25, 0.3) is 0 Å². The first-order valence-corrected chi connectivity index (χ1v) is 19.0. The number of primary amides is 2. The van der Waals surface area contributed by atoms with Crippen LogP contribution in [0.15, 0.2) is 54.7 Å². The van der Waals surface area contributed by atoms with Gasteiger partial charge in [-0.05, 0) is 61.9 Å². The number of aromatic nitrogens is 1. The van der Waals surface area contributed by atoms with E-state index in [1.54, 1.807) is 12.3 Å². The van der Waals surface area contributed by atoms with Crippen LogP contribution >= 0.6 is 0 Å². The molecular weight excluding hydrogens is 802 g/mol. The number of rotatable bonds is 25. The summed E-state index contributed by atoms with van der Waals surface area (Å²) in [6.07, 6.45) is -3.08. The van der Waals surface area contributed by atoms with E-state index in [0.717, 1.165) is 17.8 Å². The van der Waals surface area contributed by atoms with Crippen molar-refractivity contribution in [2.45, 2.75) is 101 Å². The fourth-order valence-corrected chi connectivity index (χ4v) is 6.09. The lowest BCUT2D eigenvalue weighted by Gasteiger charge is -2.28. The molecule has 61 heavy (non-hydrogen) atoms. The minimum Gasteiger partial charge on any atom is -0.508 e. The van der Waals surface area contributed by atoms with Crippen LogP contribution in [-0.2, 0) is 56.0 Å². The standard InChI is InChI=1S/C39H51N9O13/c1-19(49)33(38(59)47-29(16-20-6-8-22(50)9-7-20)37(58)46-28(39(60)61)11-14-31(42)52)48-36(57)27(12-15-32(53)54)45-35(56)26(10-13-30(41)51)44-34(55)24(40)17-21-18-43-25-5-3-2-4-23(21)25/h2-9,18-19,24,26-29,33,43,49-50H,10-17,40H2,1H3,(H2,41,51)(H2,42,52)(H,44,55)(H,45,56)(H,46,58)(H,47,59)(H,48,57)(H,53,54)(H,60,61). The van der Waals surface area contributed by atoms with E-state index in [2.05, 4.69) is 31.6 Å². The van der Waals surface area contributed by atoms with Crippen LogP contribution < -0.4 is 43.8 Å². The number of fused-ring (bicyclic) bond motifs is 1. The van der Waals surface area contributed by atoms with Gasteiger partial charge in [0, 0.05) is 42.8 Å². The Morgan fingerprint density at radius 3 is 1.72 bits per heavy atom. The number of nitrogens with two attached hydrogens (primary N) is 3. The van der Waals surface area contributed by atoms with Crippen molar-refractivity contribution in [3.8, 4) is 5.75 Å². The Balaban J connectivity index is 1.82. The molecule has 3 aromatic rings. The van der Waals surface area contributed by atoms with Crippen molar-refractivity contribution in [3.05, 3.63) is 65.9 Å². The maximum atomic E-state index is 13.7. The number of phenols is 1. The normalized spacial score (nSPS) is 14.5. The summed E-state index contributed by atoms with van der Waals surface area (Å²) >= 11 is 0. The van der Waals surface area contributed by atoms with Crippen LogP contribution in [0.3, 0.4) is 0 Å². The Hall–Kier alpha value is -7.07. The number of amides is 7. The summed E-state index contributed by atoms with van der Waals surface area (Å²) in [5, 5.41) is 51.8. The maximum absolute atomic E-state index is 13.7. The fraction of sp³-hybridized carbons (Fsp3) is 0.410. The molecule has 7 atom stereocenters. The molecule has 22 heteroatoms. The number of carboxylic acid groups (broad SMARTS) is 2. The number of aromatic amines is 1. The van der Waals surface area contributed by atoms with Crippen molar-refractivity contribution >= 4 is 64.2 Å². The maximum Gasteiger partial charge on any atom is 0.326 e. The fourth-order valence-electron chi connectivity index (χ4n) is 6.09. The molecular formula is C39H51N9O13. The third-order valence-electron chi connectivity index (χ3n) is 9.41. The highest BCUT2D eigenvalue weighted by atomic mass is 16.4. The van der Waals surface area contributed by atoms with Crippen LogP contribution in [-0.4, -0.2) is 121 Å². The lowest BCUT2D eigenvalue weighted by molar-refractivity contribution is -0.143. The Bertz CT molecular complexity index is 2070. The van der Waals surface area contributed by atoms with E-state index in [0.29, 0.717) is 11.1 Å². The van der Waals surface area contributed by atoms with Gasteiger partial charge >= 0.3 is 11.9 Å². The number of aliphatic hydroxyl groups excluding tert-OH is 1. The van der Waals surface area contributed by atoms with Gasteiger partial charge in [-0.15, -0.1) is 0 Å². The number of para-hydroxylation sites is 1. The number of hydrogen-bond donors (Lipinski definition) is 13. The first-order chi connectivity index (χ1) is 28.7. The molecule has 7 amide bonds. The minimum absolute atomic E-state index is 0.0410. The average Bonchev–Trinajstić information content (AvgIpc) is 3.60. The summed E-state index contributed by atoms with van der Waals surface area (Å²) in [5.41, 5.74) is 18.5. The molecule has 16 N–H and O–H groups in total. The second kappa shape index (κ2) is 22.9. The number of hydrogen-bond acceptors (Lipinski definition) is 12. The third kappa shape index (κ3) is 15.6. The first kappa shape index (κ1) is 48.3. The Kier molecular flexibility index (Phi) is 18.1. The molecule has 0 aliphatic heterocycles. The lowest BCUT2D eigenvalue weighted by Crippen LogP contribution is -2.61. The van der Waals surface area contributed by atoms with Gasteiger partial charge in [-0.3, -0.25) is 38.4 Å². The van der Waals surface area contributed by atoms with Crippen LogP contribution in [0.4, 0.5) is 0 Å². The second-order valence-electron chi connectivity index (χ2n) is 14.3. The topological polar surface area (TPSA) is 389 Å². The van der Waals surface area contributed by atoms with Crippen LogP contribution in [0, 0.1) is 0 Å². The quantitative estimate of drug-likeness (QED) is 0.0412. The number of aliphatic hydroxyl groups is 1. The molecule has 0 bridgehead atoms. The van der Waals surface area contributed by atoms with Crippen LogP contribution in [0.2, 0.25) is 0 Å². The van der Waals surface area contributed by atoms with Crippen molar-refractivity contribution in [1.29, 1.82) is 0 Å². The molecule has 2 aromatic carbocycles. The van der Waals surface area contributed by atoms with Gasteiger partial charge < -0.3 is 69.2 Å². The SMILES string of the molecule is CC(O)C(NC(=O)C(CCC(=O)O)NC(=O)C(CCC(N)=O)NC(=O)C(N)Cc1c[nH]c2ccccc12)C(=O)NC(Cc1ccc(O)cc1)C(=O)NC(CCC(N)=O)C(=O)O. The molecule has 0 fully saturated rings. The predicted octanol–water partition coefficient (Wildman–Crippen LogP) is -2.73. The molecule has 3 rings (SSSR count). The molecule has 1 heterocycles. The molecule has 22 nitrogen and oxygen atoms in total. The van der Waals surface area contributed by atoms with E-state index in [-0.39, 0.29) is 25.0 Å². The third-order valence-corrected chi connectivity index (χ3v) is 9.41. The molecule has 0 spiro atoms. The molecule has 7 unspecified atom stereocenters. The zero-order valence-electron chi connectivity index (χ0n) is 33.1. The van der Waals surface area contributed by atoms with Gasteiger partial charge in [0.2, 0.25) is 41.4 Å². The molecule has 0 aliphatic rings. The zero-order chi connectivity index (χ0) is 45.4. The summed E-state index contributed by atoms with van der Waals surface area (Å²) in [7, 11) is 0. The van der Waals surface area contributed by atoms with E-state index in [9.17, 15) is 63.6 Å². The zero-order valence-corrected chi connectivity index (χ0v) is 33.1. The molecule has 0 saturated carbocycles. The van der Waals surface area contributed by atoms with E-state index in [1.165, 1.54) is 24.3 Å². The summed E-state index contributed by atoms with van der Waals surface area (Å²) in [5.74, 6) is -9.94. The van der Waals surface area contributed by atoms with E-state index >= 15 is 0 Å². The number of carbonyl (C=O) groups is 9. The van der Waals surface area contributed by atoms with Gasteiger partial charge in [-0.25, -0.2) is 4.79 Å². The minimum atomic E-state index is -1.87. The summed E-state index contributed by atoms with van der Waals surface area (Å²) < 4.78 is 0. The number of aromatic hydroxyl groups is 1. The first-order valence-electron chi connectivity index (χ1n) is 19.0. The monoisotopic (exact) mass is 853 g/mol. The number of carboxylic acids is 2. The number of carbonyl (C=O) groups excluding carboxylic acids is 7. The van der Waals surface area contributed by atoms with E-state index in [4.69, 9.17) is 17.2 Å². The largest absolute Gasteiger partial charge is 0.508 e. The smallest absolute Gasteiger partial charge is 0.326 e. The Morgan fingerprint density at radius 2 is 1.15 bits per heavy atom. The second-order valence-corrected chi connectivity index (χ2v) is 14.3. The molecule has 330 valence electrons. The number of aliphatic carboxylic acids is 2. The number of benzene rings is 2. The van der Waals surface area contributed by atoms with Gasteiger partial charge in [0.1, 0.15) is 36.0 Å². The molecule has 0 radical (unpaired) electrons. The Morgan fingerprint density at radius 1 is 0.639 bits per heavy atom. The van der Waals surface area contributed by atoms with Crippen LogP contribution in [0.1, 0.15) is 56.6 Å². The van der Waals surface area contributed by atoms with Gasteiger partial charge in [-0.2, -0.15) is 0 Å². The van der Waals surface area contributed by atoms with Crippen LogP contribution in [0.25, 0.3) is 10.9 Å². The van der Waals surface area contributed by atoms with Crippen molar-refractivity contribution in [3.63, 3.8) is 0 Å². The van der Waals surface area contributed by atoms with Crippen molar-refractivity contribution < 1.29 is 63.6 Å². The van der Waals surface area contributed by atoms with Crippen molar-refractivity contribution in [2.24, 2.45) is 17.2 Å². The Labute approximate surface area is 348 Å². The van der Waals surface area contributed by atoms with E-state index in [1.807, 2.05) is 18.2 Å². The van der Waals surface area contributed by atoms with Crippen LogP contribution in [0.5, 0.6) is 5.75 Å². The van der Waals surface area contributed by atoms with Gasteiger partial charge in [0.15, 0.2) is 0 Å². The average molecular weight is 854 g/mol. The molecule has 0 aliphatic carbocycles. The summed E-state index contributed by atoms with van der Waals surface area (Å²) in [6.45, 7) is 1.10.